The highest BCUT2D eigenvalue weighted by molar-refractivity contribution is 6.03. The van der Waals surface area contributed by atoms with E-state index < -0.39 is 41.1 Å². The molecule has 2 aliphatic carbocycles. The summed E-state index contributed by atoms with van der Waals surface area (Å²) in [7, 11) is 0. The Kier molecular flexibility index (Phi) is 3.30. The molecule has 10 nitrogen and oxygen atoms in total. The van der Waals surface area contributed by atoms with E-state index in [1.807, 2.05) is 19.1 Å². The third-order valence-corrected chi connectivity index (χ3v) is 9.27. The number of piperazine rings is 1. The molecule has 34 heavy (non-hydrogen) atoms. The molecule has 7 saturated heterocycles. The molecule has 9 unspecified atom stereocenters. The minimum Gasteiger partial charge on any atom is -0.455 e. The van der Waals surface area contributed by atoms with E-state index >= 15 is 0 Å². The van der Waals surface area contributed by atoms with Crippen LogP contribution >= 0.6 is 0 Å². The normalized spacial score (nSPS) is 49.5. The summed E-state index contributed by atoms with van der Waals surface area (Å²) < 4.78 is 23.7. The van der Waals surface area contributed by atoms with Crippen molar-refractivity contribution in [1.82, 2.24) is 9.80 Å². The van der Waals surface area contributed by atoms with E-state index in [1.54, 1.807) is 9.80 Å². The molecule has 9 rings (SSSR count). The predicted octanol–water partition coefficient (Wildman–Crippen LogP) is 0.162. The van der Waals surface area contributed by atoms with Crippen LogP contribution < -0.4 is 0 Å². The first-order valence-corrected chi connectivity index (χ1v) is 12.1. The zero-order chi connectivity index (χ0) is 23.3. The zero-order valence-electron chi connectivity index (χ0n) is 18.8. The third kappa shape index (κ3) is 1.89. The molecular formula is C24H24N2O8. The summed E-state index contributed by atoms with van der Waals surface area (Å²) in [5.74, 6) is -0.929. The summed E-state index contributed by atoms with van der Waals surface area (Å²) in [5.41, 5.74) is 0.225. The summed E-state index contributed by atoms with van der Waals surface area (Å²) >= 11 is 0. The number of nitrogens with zero attached hydrogens (tertiary/aromatic N) is 2. The van der Waals surface area contributed by atoms with Crippen molar-refractivity contribution >= 4 is 23.8 Å². The van der Waals surface area contributed by atoms with Gasteiger partial charge in [-0.3, -0.25) is 19.2 Å². The summed E-state index contributed by atoms with van der Waals surface area (Å²) in [6.45, 7) is 3.27. The van der Waals surface area contributed by atoms with Gasteiger partial charge in [-0.05, 0) is 31.4 Å². The molecule has 9 aliphatic rings. The first kappa shape index (κ1) is 19.6. The van der Waals surface area contributed by atoms with Gasteiger partial charge in [0.25, 0.3) is 11.8 Å². The fourth-order valence-corrected chi connectivity index (χ4v) is 8.19. The van der Waals surface area contributed by atoms with Gasteiger partial charge in [-0.25, -0.2) is 0 Å². The molecule has 10 heteroatoms. The summed E-state index contributed by atoms with van der Waals surface area (Å²) in [5, 5.41) is 0. The number of carbonyl (C=O) groups is 4. The predicted molar refractivity (Wildman–Crippen MR) is 109 cm³/mol. The Hall–Kier alpha value is -2.72. The summed E-state index contributed by atoms with van der Waals surface area (Å²) in [6, 6.07) is -1.23. The van der Waals surface area contributed by atoms with Crippen molar-refractivity contribution in [1.29, 1.82) is 0 Å². The van der Waals surface area contributed by atoms with Crippen LogP contribution in [0.4, 0.5) is 0 Å². The topological polar surface area (TPSA) is 118 Å². The SMILES string of the molecule is CCCC(=O)OC1C=C2N3C(=O)C4CC56C(=CC(OC(C)=O)C7OC75)N4C(=O)C3C[C@]26C2OC12. The molecule has 7 aliphatic heterocycles. The number of amides is 2. The largest absolute Gasteiger partial charge is 0.455 e. The lowest BCUT2D eigenvalue weighted by Gasteiger charge is -2.50. The zero-order valence-corrected chi connectivity index (χ0v) is 18.8. The fraction of sp³-hybridized carbons (Fsp3) is 0.667. The molecular weight excluding hydrogens is 444 g/mol. The first-order valence-electron chi connectivity index (χ1n) is 12.1. The number of fused-ring (bicyclic) bond motifs is 2. The van der Waals surface area contributed by atoms with E-state index in [2.05, 4.69) is 0 Å². The van der Waals surface area contributed by atoms with Crippen molar-refractivity contribution in [2.24, 2.45) is 10.8 Å². The standard InChI is InChI=1S/C24H24N2O8/c1-3-4-16(28)32-13-6-15-24(20-18(13)34-20)8-11-21(29)25-10(22(30)26(11)15)7-23(24)14(25)5-12(31-9(2)27)17-19(23)33-17/h5-6,10-13,17-20H,3-4,7-8H2,1-2H3/t10?,11?,12?,13?,17?,18?,19?,20?,23?,24-/m1/s1. The Bertz CT molecular complexity index is 1180. The summed E-state index contributed by atoms with van der Waals surface area (Å²) in [6.07, 6.45) is 3.28. The Morgan fingerprint density at radius 1 is 0.941 bits per heavy atom. The Labute approximate surface area is 194 Å². The van der Waals surface area contributed by atoms with Crippen LogP contribution in [0.1, 0.15) is 39.5 Å². The van der Waals surface area contributed by atoms with Gasteiger partial charge in [0, 0.05) is 24.7 Å². The highest BCUT2D eigenvalue weighted by Gasteiger charge is 2.87. The second kappa shape index (κ2) is 5.73. The van der Waals surface area contributed by atoms with Gasteiger partial charge in [0.1, 0.15) is 36.5 Å². The maximum Gasteiger partial charge on any atom is 0.306 e. The van der Waals surface area contributed by atoms with E-state index in [-0.39, 0.29) is 42.2 Å². The molecule has 178 valence electrons. The number of ether oxygens (including phenoxy) is 4. The van der Waals surface area contributed by atoms with Crippen molar-refractivity contribution < 1.29 is 38.1 Å². The molecule has 2 spiro atoms. The van der Waals surface area contributed by atoms with Crippen molar-refractivity contribution in [2.75, 3.05) is 0 Å². The Morgan fingerprint density at radius 2 is 1.44 bits per heavy atom. The quantitative estimate of drug-likeness (QED) is 0.423. The second-order valence-electron chi connectivity index (χ2n) is 10.7. The Morgan fingerprint density at radius 3 is 1.91 bits per heavy atom. The molecule has 0 aromatic rings. The van der Waals surface area contributed by atoms with Gasteiger partial charge >= 0.3 is 11.9 Å². The second-order valence-corrected chi connectivity index (χ2v) is 10.7. The lowest BCUT2D eigenvalue weighted by molar-refractivity contribution is -0.154. The summed E-state index contributed by atoms with van der Waals surface area (Å²) in [4.78, 5) is 54.9. The van der Waals surface area contributed by atoms with Crippen LogP contribution in [0.3, 0.4) is 0 Å². The molecule has 10 atom stereocenters. The molecule has 7 fully saturated rings. The highest BCUT2D eigenvalue weighted by atomic mass is 16.6. The number of hydrogen-bond donors (Lipinski definition) is 0. The lowest BCUT2D eigenvalue weighted by Crippen LogP contribution is -2.60. The molecule has 0 N–H and O–H groups in total. The van der Waals surface area contributed by atoms with Gasteiger partial charge in [-0.15, -0.1) is 0 Å². The molecule has 0 radical (unpaired) electrons. The smallest absolute Gasteiger partial charge is 0.306 e. The van der Waals surface area contributed by atoms with E-state index in [1.165, 1.54) is 6.92 Å². The molecule has 2 amide bonds. The Balaban J connectivity index is 1.33. The van der Waals surface area contributed by atoms with Gasteiger partial charge in [0.2, 0.25) is 0 Å². The minimum atomic E-state index is -0.631. The van der Waals surface area contributed by atoms with Crippen molar-refractivity contribution in [2.45, 2.75) is 88.2 Å². The van der Waals surface area contributed by atoms with Crippen molar-refractivity contribution in [3.63, 3.8) is 0 Å². The van der Waals surface area contributed by atoms with E-state index in [9.17, 15) is 19.2 Å². The number of rotatable bonds is 4. The number of esters is 2. The van der Waals surface area contributed by atoms with Crippen molar-refractivity contribution in [3.8, 4) is 0 Å². The maximum absolute atomic E-state index is 13.8. The van der Waals surface area contributed by atoms with Crippen LogP contribution in [0.15, 0.2) is 23.5 Å². The van der Waals surface area contributed by atoms with Gasteiger partial charge < -0.3 is 28.7 Å². The fourth-order valence-electron chi connectivity index (χ4n) is 8.19. The average Bonchev–Trinajstić information content (AvgIpc) is 3.68. The number of hydrogen-bond acceptors (Lipinski definition) is 8. The van der Waals surface area contributed by atoms with Crippen LogP contribution in [-0.4, -0.2) is 82.3 Å². The maximum atomic E-state index is 13.8. The van der Waals surface area contributed by atoms with Gasteiger partial charge in [0.05, 0.1) is 10.8 Å². The van der Waals surface area contributed by atoms with Crippen LogP contribution in [0.25, 0.3) is 0 Å². The monoisotopic (exact) mass is 468 g/mol. The first-order chi connectivity index (χ1) is 16.3. The molecule has 0 saturated carbocycles. The highest BCUT2D eigenvalue weighted by Crippen LogP contribution is 2.78. The number of carbonyl (C=O) groups excluding carboxylic acids is 4. The van der Waals surface area contributed by atoms with Crippen LogP contribution in [-0.2, 0) is 38.1 Å². The van der Waals surface area contributed by atoms with Crippen LogP contribution in [0, 0.1) is 10.8 Å². The molecule has 7 heterocycles. The van der Waals surface area contributed by atoms with Crippen LogP contribution in [0.5, 0.6) is 0 Å². The van der Waals surface area contributed by atoms with Gasteiger partial charge in [-0.2, -0.15) is 0 Å². The number of epoxide rings is 2. The van der Waals surface area contributed by atoms with Gasteiger partial charge in [-0.1, -0.05) is 6.92 Å². The lowest BCUT2D eigenvalue weighted by atomic mass is 9.52. The van der Waals surface area contributed by atoms with Gasteiger partial charge in [0.15, 0.2) is 12.2 Å². The van der Waals surface area contributed by atoms with E-state index in [4.69, 9.17) is 18.9 Å². The molecule has 0 aromatic heterocycles. The van der Waals surface area contributed by atoms with Crippen molar-refractivity contribution in [3.05, 3.63) is 23.5 Å². The molecule has 6 bridgehead atoms. The minimum absolute atomic E-state index is 0.108. The average molecular weight is 468 g/mol. The molecule has 0 aromatic carbocycles. The van der Waals surface area contributed by atoms with Crippen LogP contribution in [0.2, 0.25) is 0 Å². The van der Waals surface area contributed by atoms with E-state index in [0.29, 0.717) is 25.7 Å². The van der Waals surface area contributed by atoms with E-state index in [0.717, 1.165) is 11.4 Å². The third-order valence-electron chi connectivity index (χ3n) is 9.27.